The molecule has 0 fully saturated rings. The zero-order valence-corrected chi connectivity index (χ0v) is 14.6. The van der Waals surface area contributed by atoms with Gasteiger partial charge in [-0.2, -0.15) is 0 Å². The summed E-state index contributed by atoms with van der Waals surface area (Å²) in [5, 5.41) is 11.2. The number of nitrogens with zero attached hydrogens (tertiary/aromatic N) is 1. The van der Waals surface area contributed by atoms with Crippen LogP contribution < -0.4 is 0 Å². The Balaban J connectivity index is 2.21. The van der Waals surface area contributed by atoms with Crippen molar-refractivity contribution < 1.29 is 9.90 Å². The molecule has 0 saturated carbocycles. The Morgan fingerprint density at radius 2 is 1.96 bits per heavy atom. The van der Waals surface area contributed by atoms with E-state index in [4.69, 9.17) is 11.6 Å². The van der Waals surface area contributed by atoms with Crippen molar-refractivity contribution in [3.63, 3.8) is 0 Å². The molecule has 4 heteroatoms. The Bertz CT molecular complexity index is 911. The number of hydrogen-bond donors (Lipinski definition) is 1. The number of carboxylic acid groups (broad SMARTS) is 1. The number of aromatic carboxylic acids is 1. The van der Waals surface area contributed by atoms with Crippen LogP contribution in [0.4, 0.5) is 0 Å². The van der Waals surface area contributed by atoms with Crippen LogP contribution in [0.1, 0.15) is 40.5 Å². The number of fused-ring (bicyclic) bond motifs is 1. The van der Waals surface area contributed by atoms with Crippen molar-refractivity contribution in [3.05, 3.63) is 69.9 Å². The van der Waals surface area contributed by atoms with Crippen molar-refractivity contribution >= 4 is 28.5 Å². The third-order valence-electron chi connectivity index (χ3n) is 4.49. The van der Waals surface area contributed by atoms with E-state index in [9.17, 15) is 9.90 Å². The molecule has 24 heavy (non-hydrogen) atoms. The maximum absolute atomic E-state index is 11.4. The van der Waals surface area contributed by atoms with Crippen LogP contribution in [-0.4, -0.2) is 15.6 Å². The first kappa shape index (κ1) is 16.6. The van der Waals surface area contributed by atoms with Gasteiger partial charge in [-0.3, -0.25) is 0 Å². The third kappa shape index (κ3) is 2.92. The van der Waals surface area contributed by atoms with E-state index in [-0.39, 0.29) is 0 Å². The second kappa shape index (κ2) is 6.70. The van der Waals surface area contributed by atoms with Crippen molar-refractivity contribution in [2.24, 2.45) is 0 Å². The molecule has 3 rings (SSSR count). The second-order valence-electron chi connectivity index (χ2n) is 6.03. The van der Waals surface area contributed by atoms with Crippen LogP contribution in [-0.2, 0) is 13.0 Å². The molecule has 0 aliphatic heterocycles. The monoisotopic (exact) mass is 341 g/mol. The lowest BCUT2D eigenvalue weighted by molar-refractivity contribution is 0.0697. The van der Waals surface area contributed by atoms with Crippen LogP contribution in [0.15, 0.2) is 42.5 Å². The molecule has 124 valence electrons. The van der Waals surface area contributed by atoms with Crippen LogP contribution in [0.3, 0.4) is 0 Å². The highest BCUT2D eigenvalue weighted by Crippen LogP contribution is 2.30. The highest BCUT2D eigenvalue weighted by Gasteiger charge is 2.16. The van der Waals surface area contributed by atoms with Crippen LogP contribution in [0.25, 0.3) is 10.9 Å². The first-order valence-electron chi connectivity index (χ1n) is 8.11. The lowest BCUT2D eigenvalue weighted by Gasteiger charge is -2.11. The highest BCUT2D eigenvalue weighted by atomic mass is 35.5. The van der Waals surface area contributed by atoms with Crippen LogP contribution in [0, 0.1) is 6.92 Å². The van der Waals surface area contributed by atoms with Gasteiger partial charge in [-0.1, -0.05) is 49.2 Å². The molecule has 1 N–H and O–H groups in total. The summed E-state index contributed by atoms with van der Waals surface area (Å²) in [6.45, 7) is 4.89. The summed E-state index contributed by atoms with van der Waals surface area (Å²) in [6.07, 6.45) is 2.02. The van der Waals surface area contributed by atoms with E-state index in [1.54, 1.807) is 12.1 Å². The van der Waals surface area contributed by atoms with Gasteiger partial charge in [0.1, 0.15) is 0 Å². The Hall–Kier alpha value is -2.26. The van der Waals surface area contributed by atoms with Gasteiger partial charge in [0.2, 0.25) is 0 Å². The number of carbonyl (C=O) groups is 1. The molecule has 0 aliphatic rings. The molecule has 0 saturated heterocycles. The summed E-state index contributed by atoms with van der Waals surface area (Å²) >= 11 is 6.32. The van der Waals surface area contributed by atoms with E-state index in [1.165, 1.54) is 11.3 Å². The standard InChI is InChI=1S/C20H20ClNO2/c1-3-6-16-13(2)22(12-15-7-4-5-8-18(15)21)19-11-14(20(23)24)9-10-17(16)19/h4-5,7-11H,3,6,12H2,1-2H3,(H,23,24). The molecule has 0 spiro atoms. The molecule has 1 aromatic heterocycles. The summed E-state index contributed by atoms with van der Waals surface area (Å²) in [4.78, 5) is 11.4. The largest absolute Gasteiger partial charge is 0.478 e. The number of aryl methyl sites for hydroxylation is 1. The first-order chi connectivity index (χ1) is 11.5. The average molecular weight is 342 g/mol. The summed E-state index contributed by atoms with van der Waals surface area (Å²) < 4.78 is 2.17. The Kier molecular flexibility index (Phi) is 4.63. The van der Waals surface area contributed by atoms with Crippen molar-refractivity contribution in [3.8, 4) is 0 Å². The van der Waals surface area contributed by atoms with E-state index < -0.39 is 5.97 Å². The lowest BCUT2D eigenvalue weighted by Crippen LogP contribution is -2.04. The molecule has 0 aliphatic carbocycles. The predicted molar refractivity (Wildman–Crippen MR) is 98.2 cm³/mol. The van der Waals surface area contributed by atoms with E-state index in [0.29, 0.717) is 12.1 Å². The van der Waals surface area contributed by atoms with Crippen molar-refractivity contribution in [2.45, 2.75) is 33.2 Å². The minimum Gasteiger partial charge on any atom is -0.478 e. The average Bonchev–Trinajstić information content (AvgIpc) is 2.82. The Labute approximate surface area is 146 Å². The van der Waals surface area contributed by atoms with Crippen LogP contribution in [0.5, 0.6) is 0 Å². The molecule has 0 amide bonds. The van der Waals surface area contributed by atoms with Gasteiger partial charge in [-0.25, -0.2) is 4.79 Å². The predicted octanol–water partition coefficient (Wildman–Crippen LogP) is 5.30. The van der Waals surface area contributed by atoms with Crippen LogP contribution in [0.2, 0.25) is 5.02 Å². The van der Waals surface area contributed by atoms with Gasteiger partial charge in [0.25, 0.3) is 0 Å². The molecular weight excluding hydrogens is 322 g/mol. The molecule has 1 heterocycles. The summed E-state index contributed by atoms with van der Waals surface area (Å²) in [5.74, 6) is -0.905. The van der Waals surface area contributed by atoms with Crippen molar-refractivity contribution in [1.82, 2.24) is 4.57 Å². The maximum atomic E-state index is 11.4. The number of hydrogen-bond acceptors (Lipinski definition) is 1. The topological polar surface area (TPSA) is 42.2 Å². The third-order valence-corrected chi connectivity index (χ3v) is 4.86. The summed E-state index contributed by atoms with van der Waals surface area (Å²) in [7, 11) is 0. The molecular formula is C20H20ClNO2. The fourth-order valence-corrected chi connectivity index (χ4v) is 3.44. The van der Waals surface area contributed by atoms with E-state index in [1.807, 2.05) is 30.3 Å². The fourth-order valence-electron chi connectivity index (χ4n) is 3.25. The smallest absolute Gasteiger partial charge is 0.335 e. The summed E-state index contributed by atoms with van der Waals surface area (Å²) in [6, 6.07) is 13.2. The lowest BCUT2D eigenvalue weighted by atomic mass is 10.1. The van der Waals surface area contributed by atoms with Crippen molar-refractivity contribution in [2.75, 3.05) is 0 Å². The van der Waals surface area contributed by atoms with Gasteiger partial charge < -0.3 is 9.67 Å². The fraction of sp³-hybridized carbons (Fsp3) is 0.250. The van der Waals surface area contributed by atoms with Gasteiger partial charge in [-0.15, -0.1) is 0 Å². The van der Waals surface area contributed by atoms with Gasteiger partial charge in [-0.05, 0) is 42.7 Å². The maximum Gasteiger partial charge on any atom is 0.335 e. The summed E-state index contributed by atoms with van der Waals surface area (Å²) in [5.41, 5.74) is 4.76. The molecule has 3 aromatic rings. The second-order valence-corrected chi connectivity index (χ2v) is 6.44. The SMILES string of the molecule is CCCc1c(C)n(Cc2ccccc2Cl)c2cc(C(=O)O)ccc12. The molecule has 0 radical (unpaired) electrons. The zero-order valence-electron chi connectivity index (χ0n) is 13.8. The highest BCUT2D eigenvalue weighted by molar-refractivity contribution is 6.31. The van der Waals surface area contributed by atoms with Gasteiger partial charge in [0.05, 0.1) is 5.56 Å². The van der Waals surface area contributed by atoms with E-state index in [0.717, 1.165) is 34.3 Å². The molecule has 3 nitrogen and oxygen atoms in total. The number of benzene rings is 2. The van der Waals surface area contributed by atoms with Gasteiger partial charge in [0.15, 0.2) is 0 Å². The first-order valence-corrected chi connectivity index (χ1v) is 8.49. The minimum absolute atomic E-state index is 0.309. The molecule has 0 unspecified atom stereocenters. The Morgan fingerprint density at radius 3 is 2.62 bits per heavy atom. The van der Waals surface area contributed by atoms with Crippen molar-refractivity contribution in [1.29, 1.82) is 0 Å². The minimum atomic E-state index is -0.905. The van der Waals surface area contributed by atoms with Gasteiger partial charge in [0, 0.05) is 28.2 Å². The zero-order chi connectivity index (χ0) is 17.3. The normalized spacial score (nSPS) is 11.1. The van der Waals surface area contributed by atoms with E-state index in [2.05, 4.69) is 18.4 Å². The van der Waals surface area contributed by atoms with Crippen LogP contribution >= 0.6 is 11.6 Å². The number of aromatic nitrogens is 1. The molecule has 0 bridgehead atoms. The number of rotatable bonds is 5. The Morgan fingerprint density at radius 1 is 1.21 bits per heavy atom. The molecule has 0 atom stereocenters. The quantitative estimate of drug-likeness (QED) is 0.684. The van der Waals surface area contributed by atoms with Gasteiger partial charge >= 0.3 is 5.97 Å². The number of carboxylic acids is 1. The van der Waals surface area contributed by atoms with E-state index >= 15 is 0 Å². The molecule has 2 aromatic carbocycles. The number of halogens is 1.